The second-order valence-corrected chi connectivity index (χ2v) is 3.51. The molecule has 17 heavy (non-hydrogen) atoms. The molecule has 1 aromatic rings. The van der Waals surface area contributed by atoms with Crippen LogP contribution in [-0.2, 0) is 6.18 Å². The number of carbonyl (C=O) groups excluding carboxylic acids is 1. The van der Waals surface area contributed by atoms with Crippen LogP contribution in [0.3, 0.4) is 0 Å². The summed E-state index contributed by atoms with van der Waals surface area (Å²) in [4.78, 5) is 11.5. The highest BCUT2D eigenvalue weighted by atomic mass is 19.4. The summed E-state index contributed by atoms with van der Waals surface area (Å²) in [6.07, 6.45) is -4.39. The standard InChI is InChI=1S/C11H12F3NO2/c12-11(13,14)8-4-1-3-7(10(8)15)9(17)5-2-6-16/h1,3-4,16H,2,5-6,15H2. The molecule has 0 spiro atoms. The lowest BCUT2D eigenvalue weighted by atomic mass is 10.0. The first-order valence-electron chi connectivity index (χ1n) is 4.97. The lowest BCUT2D eigenvalue weighted by molar-refractivity contribution is -0.136. The molecule has 0 unspecified atom stereocenters. The predicted molar refractivity (Wildman–Crippen MR) is 56.5 cm³/mol. The van der Waals surface area contributed by atoms with E-state index < -0.39 is 23.2 Å². The van der Waals surface area contributed by atoms with E-state index in [1.165, 1.54) is 6.07 Å². The fraction of sp³-hybridized carbons (Fsp3) is 0.364. The summed E-state index contributed by atoms with van der Waals surface area (Å²) >= 11 is 0. The molecule has 94 valence electrons. The third-order valence-electron chi connectivity index (χ3n) is 2.27. The van der Waals surface area contributed by atoms with Gasteiger partial charge < -0.3 is 10.8 Å². The zero-order chi connectivity index (χ0) is 13.1. The Balaban J connectivity index is 3.06. The number of hydrogen-bond donors (Lipinski definition) is 2. The summed E-state index contributed by atoms with van der Waals surface area (Å²) in [6.45, 7) is -0.190. The van der Waals surface area contributed by atoms with E-state index in [2.05, 4.69) is 0 Å². The largest absolute Gasteiger partial charge is 0.418 e. The van der Waals surface area contributed by atoms with Crippen LogP contribution in [0.25, 0.3) is 0 Å². The second-order valence-electron chi connectivity index (χ2n) is 3.51. The molecule has 0 saturated heterocycles. The van der Waals surface area contributed by atoms with Crippen LogP contribution in [0.4, 0.5) is 18.9 Å². The molecule has 0 aromatic heterocycles. The van der Waals surface area contributed by atoms with Crippen LogP contribution in [0.1, 0.15) is 28.8 Å². The molecule has 0 aliphatic rings. The number of halogens is 3. The van der Waals surface area contributed by atoms with Crippen molar-refractivity contribution in [3.8, 4) is 0 Å². The van der Waals surface area contributed by atoms with Gasteiger partial charge in [0.1, 0.15) is 0 Å². The van der Waals surface area contributed by atoms with Crippen LogP contribution in [0, 0.1) is 0 Å². The number of hydrogen-bond acceptors (Lipinski definition) is 3. The maximum absolute atomic E-state index is 12.5. The van der Waals surface area contributed by atoms with E-state index in [1.54, 1.807) is 0 Å². The Hall–Kier alpha value is -1.56. The topological polar surface area (TPSA) is 63.3 Å². The van der Waals surface area contributed by atoms with Gasteiger partial charge in [-0.25, -0.2) is 0 Å². The summed E-state index contributed by atoms with van der Waals surface area (Å²) in [7, 11) is 0. The fourth-order valence-electron chi connectivity index (χ4n) is 1.43. The number of aliphatic hydroxyl groups is 1. The van der Waals surface area contributed by atoms with E-state index in [1.807, 2.05) is 0 Å². The summed E-state index contributed by atoms with van der Waals surface area (Å²) < 4.78 is 37.5. The second kappa shape index (κ2) is 5.18. The third kappa shape index (κ3) is 3.20. The maximum atomic E-state index is 12.5. The summed E-state index contributed by atoms with van der Waals surface area (Å²) in [6, 6.07) is 3.23. The van der Waals surface area contributed by atoms with Crippen LogP contribution in [0.2, 0.25) is 0 Å². The first kappa shape index (κ1) is 13.5. The highest BCUT2D eigenvalue weighted by Gasteiger charge is 2.34. The van der Waals surface area contributed by atoms with Crippen molar-refractivity contribution in [3.05, 3.63) is 29.3 Å². The minimum absolute atomic E-state index is 0.0258. The molecule has 1 rings (SSSR count). The molecule has 3 N–H and O–H groups in total. The van der Waals surface area contributed by atoms with Crippen molar-refractivity contribution in [1.29, 1.82) is 0 Å². The maximum Gasteiger partial charge on any atom is 0.418 e. The van der Waals surface area contributed by atoms with Gasteiger partial charge in [0.15, 0.2) is 5.78 Å². The average molecular weight is 247 g/mol. The zero-order valence-electron chi connectivity index (χ0n) is 8.92. The number of Topliss-reactive ketones (excluding diaryl/α,β-unsaturated/α-hetero) is 1. The van der Waals surface area contributed by atoms with Gasteiger partial charge in [0.2, 0.25) is 0 Å². The molecule has 6 heteroatoms. The van der Waals surface area contributed by atoms with Crippen molar-refractivity contribution in [2.45, 2.75) is 19.0 Å². The van der Waals surface area contributed by atoms with Gasteiger partial charge in [-0.1, -0.05) is 6.07 Å². The van der Waals surface area contributed by atoms with Crippen molar-refractivity contribution in [2.24, 2.45) is 0 Å². The van der Waals surface area contributed by atoms with Crippen molar-refractivity contribution in [1.82, 2.24) is 0 Å². The summed E-state index contributed by atoms with van der Waals surface area (Å²) in [5.74, 6) is -0.498. The molecule has 0 radical (unpaired) electrons. The van der Waals surface area contributed by atoms with Crippen molar-refractivity contribution < 1.29 is 23.1 Å². The highest BCUT2D eigenvalue weighted by Crippen LogP contribution is 2.35. The van der Waals surface area contributed by atoms with E-state index in [-0.39, 0.29) is 25.0 Å². The van der Waals surface area contributed by atoms with E-state index in [9.17, 15) is 18.0 Å². The van der Waals surface area contributed by atoms with Crippen molar-refractivity contribution >= 4 is 11.5 Å². The molecule has 1 aromatic carbocycles. The fourth-order valence-corrected chi connectivity index (χ4v) is 1.43. The number of para-hydroxylation sites is 1. The van der Waals surface area contributed by atoms with E-state index in [0.29, 0.717) is 0 Å². The van der Waals surface area contributed by atoms with Crippen LogP contribution < -0.4 is 5.73 Å². The molecule has 0 atom stereocenters. The van der Waals surface area contributed by atoms with Crippen molar-refractivity contribution in [3.63, 3.8) is 0 Å². The average Bonchev–Trinajstić information content (AvgIpc) is 2.24. The van der Waals surface area contributed by atoms with Crippen LogP contribution in [0.15, 0.2) is 18.2 Å². The Bertz CT molecular complexity index is 416. The minimum Gasteiger partial charge on any atom is -0.398 e. The molecule has 0 fully saturated rings. The zero-order valence-corrected chi connectivity index (χ0v) is 8.92. The monoisotopic (exact) mass is 247 g/mol. The lowest BCUT2D eigenvalue weighted by Gasteiger charge is -2.12. The Morgan fingerprint density at radius 2 is 2.00 bits per heavy atom. The van der Waals surface area contributed by atoms with Gasteiger partial charge in [0.05, 0.1) is 11.3 Å². The van der Waals surface area contributed by atoms with Crippen molar-refractivity contribution in [2.75, 3.05) is 12.3 Å². The number of ketones is 1. The molecule has 0 bridgehead atoms. The highest BCUT2D eigenvalue weighted by molar-refractivity contribution is 6.01. The van der Waals surface area contributed by atoms with Crippen LogP contribution in [0.5, 0.6) is 0 Å². The number of anilines is 1. The summed E-state index contributed by atoms with van der Waals surface area (Å²) in [5, 5.41) is 8.55. The molecular formula is C11H12F3NO2. The molecule has 0 saturated carbocycles. The number of benzene rings is 1. The van der Waals surface area contributed by atoms with E-state index >= 15 is 0 Å². The number of alkyl halides is 3. The van der Waals surface area contributed by atoms with Crippen LogP contribution in [-0.4, -0.2) is 17.5 Å². The van der Waals surface area contributed by atoms with Crippen LogP contribution >= 0.6 is 0 Å². The normalized spacial score (nSPS) is 11.5. The third-order valence-corrected chi connectivity index (χ3v) is 2.27. The number of rotatable bonds is 4. The predicted octanol–water partition coefficient (Wildman–Crippen LogP) is 2.24. The van der Waals surface area contributed by atoms with Gasteiger partial charge in [0.25, 0.3) is 0 Å². The molecular weight excluding hydrogens is 235 g/mol. The van der Waals surface area contributed by atoms with Gasteiger partial charge in [-0.2, -0.15) is 13.2 Å². The number of carbonyl (C=O) groups is 1. The van der Waals surface area contributed by atoms with Gasteiger partial charge in [-0.15, -0.1) is 0 Å². The smallest absolute Gasteiger partial charge is 0.398 e. The van der Waals surface area contributed by atoms with E-state index in [4.69, 9.17) is 10.8 Å². The molecule has 0 aliphatic heterocycles. The number of aliphatic hydroxyl groups excluding tert-OH is 1. The minimum atomic E-state index is -4.57. The Morgan fingerprint density at radius 3 is 2.53 bits per heavy atom. The Morgan fingerprint density at radius 1 is 1.35 bits per heavy atom. The van der Waals surface area contributed by atoms with Gasteiger partial charge in [0, 0.05) is 18.6 Å². The summed E-state index contributed by atoms with van der Waals surface area (Å²) in [5.41, 5.74) is 3.63. The quantitative estimate of drug-likeness (QED) is 0.633. The van der Waals surface area contributed by atoms with Gasteiger partial charge in [-0.05, 0) is 18.6 Å². The molecule has 0 heterocycles. The first-order valence-corrected chi connectivity index (χ1v) is 4.97. The first-order chi connectivity index (χ1) is 7.88. The number of nitrogen functional groups attached to an aromatic ring is 1. The SMILES string of the molecule is Nc1c(C(=O)CCCO)cccc1C(F)(F)F. The lowest BCUT2D eigenvalue weighted by Crippen LogP contribution is -2.13. The number of nitrogens with two attached hydrogens (primary N) is 1. The Kier molecular flexibility index (Phi) is 4.11. The molecule has 0 amide bonds. The molecule has 0 aliphatic carbocycles. The van der Waals surface area contributed by atoms with Gasteiger partial charge >= 0.3 is 6.18 Å². The molecule has 3 nitrogen and oxygen atoms in total. The van der Waals surface area contributed by atoms with E-state index in [0.717, 1.165) is 12.1 Å². The van der Waals surface area contributed by atoms with Gasteiger partial charge in [-0.3, -0.25) is 4.79 Å². The Labute approximate surface area is 96.0 Å².